The van der Waals surface area contributed by atoms with Gasteiger partial charge in [-0.25, -0.2) is 0 Å². The zero-order valence-corrected chi connectivity index (χ0v) is 25.9. The topological polar surface area (TPSA) is 20.2 Å². The third-order valence-electron chi connectivity index (χ3n) is 7.12. The van der Waals surface area contributed by atoms with E-state index in [0.717, 1.165) is 18.9 Å². The SMILES string of the molecule is OCCCCCCCCCCCCCCCCCCCCCCCCCCCCC[Si](Cl)(Cl)Cl. The first-order valence-corrected chi connectivity index (χ1v) is 20.5. The van der Waals surface area contributed by atoms with Crippen molar-refractivity contribution in [3.8, 4) is 0 Å². The minimum atomic E-state index is -2.37. The van der Waals surface area contributed by atoms with Crippen molar-refractivity contribution in [2.24, 2.45) is 0 Å². The molecule has 5 heteroatoms. The molecule has 0 fully saturated rings. The van der Waals surface area contributed by atoms with Crippen molar-refractivity contribution < 1.29 is 5.11 Å². The lowest BCUT2D eigenvalue weighted by atomic mass is 10.0. The summed E-state index contributed by atoms with van der Waals surface area (Å²) in [5.74, 6) is 0. The molecule has 0 spiro atoms. The molecule has 34 heavy (non-hydrogen) atoms. The van der Waals surface area contributed by atoms with Crippen LogP contribution in [0.15, 0.2) is 0 Å². The smallest absolute Gasteiger partial charge is 0.341 e. The van der Waals surface area contributed by atoms with Gasteiger partial charge in [0.15, 0.2) is 0 Å². The summed E-state index contributed by atoms with van der Waals surface area (Å²) in [7, 11) is 0. The highest BCUT2D eigenvalue weighted by molar-refractivity contribution is 7.64. The molecule has 206 valence electrons. The first-order valence-electron chi connectivity index (χ1n) is 15.2. The molecular weight excluding hydrogens is 499 g/mol. The van der Waals surface area contributed by atoms with E-state index >= 15 is 0 Å². The summed E-state index contributed by atoms with van der Waals surface area (Å²) in [5.41, 5.74) is 0. The summed E-state index contributed by atoms with van der Waals surface area (Å²) in [4.78, 5) is 0. The maximum absolute atomic E-state index is 8.77. The number of unbranched alkanes of at least 4 members (excludes halogenated alkanes) is 26. The van der Waals surface area contributed by atoms with Gasteiger partial charge in [-0.15, -0.1) is 33.2 Å². The van der Waals surface area contributed by atoms with Crippen LogP contribution in [-0.4, -0.2) is 17.7 Å². The first-order chi connectivity index (χ1) is 16.6. The molecule has 0 saturated heterocycles. The van der Waals surface area contributed by atoms with Gasteiger partial charge in [-0.2, -0.15) is 0 Å². The number of aliphatic hydroxyl groups is 1. The van der Waals surface area contributed by atoms with Crippen molar-refractivity contribution in [3.05, 3.63) is 0 Å². The fourth-order valence-electron chi connectivity index (χ4n) is 4.86. The van der Waals surface area contributed by atoms with Crippen molar-refractivity contribution in [1.29, 1.82) is 0 Å². The number of rotatable bonds is 29. The lowest BCUT2D eigenvalue weighted by Crippen LogP contribution is -2.07. The van der Waals surface area contributed by atoms with Crippen molar-refractivity contribution in [2.75, 3.05) is 6.61 Å². The predicted octanol–water partition coefficient (Wildman–Crippen LogP) is 12.2. The third kappa shape index (κ3) is 33.0. The Kier molecular flexibility index (Phi) is 29.5. The van der Waals surface area contributed by atoms with Gasteiger partial charge >= 0.3 is 6.00 Å². The summed E-state index contributed by atoms with van der Waals surface area (Å²) < 4.78 is 0. The summed E-state index contributed by atoms with van der Waals surface area (Å²) in [6, 6.07) is -1.54. The summed E-state index contributed by atoms with van der Waals surface area (Å²) in [6.07, 6.45) is 37.2. The molecular formula is C29H59Cl3OSi. The second-order valence-electron chi connectivity index (χ2n) is 10.6. The highest BCUT2D eigenvalue weighted by Gasteiger charge is 2.23. The molecule has 0 heterocycles. The molecule has 0 aromatic heterocycles. The second-order valence-corrected chi connectivity index (χ2v) is 19.9. The summed E-state index contributed by atoms with van der Waals surface area (Å²) in [6.45, 7) is 0.368. The van der Waals surface area contributed by atoms with Crippen LogP contribution in [0.1, 0.15) is 173 Å². The molecule has 0 aliphatic carbocycles. The van der Waals surface area contributed by atoms with E-state index in [-0.39, 0.29) is 0 Å². The van der Waals surface area contributed by atoms with Gasteiger partial charge in [0.2, 0.25) is 0 Å². The zero-order chi connectivity index (χ0) is 25.0. The van der Waals surface area contributed by atoms with Gasteiger partial charge in [0.25, 0.3) is 0 Å². The first kappa shape index (κ1) is 35.0. The third-order valence-corrected chi connectivity index (χ3v) is 9.74. The Balaban J connectivity index is 3.03. The van der Waals surface area contributed by atoms with E-state index in [0.29, 0.717) is 6.61 Å². The molecule has 0 aromatic carbocycles. The molecule has 0 aromatic rings. The predicted molar refractivity (Wildman–Crippen MR) is 160 cm³/mol. The molecule has 0 unspecified atom stereocenters. The molecule has 1 N–H and O–H groups in total. The minimum Gasteiger partial charge on any atom is -0.396 e. The minimum absolute atomic E-state index is 0.368. The second kappa shape index (κ2) is 28.6. The highest BCUT2D eigenvalue weighted by atomic mass is 35.8. The van der Waals surface area contributed by atoms with Gasteiger partial charge in [-0.05, 0) is 12.5 Å². The van der Waals surface area contributed by atoms with Crippen LogP contribution in [0.3, 0.4) is 0 Å². The van der Waals surface area contributed by atoms with Crippen LogP contribution in [0.25, 0.3) is 0 Å². The quantitative estimate of drug-likeness (QED) is 0.0550. The largest absolute Gasteiger partial charge is 0.396 e. The molecule has 0 radical (unpaired) electrons. The molecule has 0 aliphatic rings. The number of aliphatic hydroxyl groups excluding tert-OH is 1. The van der Waals surface area contributed by atoms with E-state index < -0.39 is 6.00 Å². The Morgan fingerprint density at radius 3 is 0.647 bits per heavy atom. The lowest BCUT2D eigenvalue weighted by molar-refractivity contribution is 0.282. The standard InChI is InChI=1S/C29H59Cl3OSi/c30-34(31,32)29-27-25-23-21-19-17-15-13-11-9-7-5-3-1-2-4-6-8-10-12-14-16-18-20-22-24-26-28-33/h33H,1-29H2. The van der Waals surface area contributed by atoms with Crippen molar-refractivity contribution in [2.45, 2.75) is 179 Å². The number of hydrogen-bond acceptors (Lipinski definition) is 1. The number of halogens is 3. The highest BCUT2D eigenvalue weighted by Crippen LogP contribution is 2.27. The van der Waals surface area contributed by atoms with E-state index in [4.69, 9.17) is 38.3 Å². The van der Waals surface area contributed by atoms with Gasteiger partial charge in [-0.1, -0.05) is 167 Å². The van der Waals surface area contributed by atoms with Crippen molar-refractivity contribution in [1.82, 2.24) is 0 Å². The molecule has 0 amide bonds. The van der Waals surface area contributed by atoms with Crippen LogP contribution in [0.2, 0.25) is 6.04 Å². The normalized spacial score (nSPS) is 12.0. The van der Waals surface area contributed by atoms with Crippen LogP contribution < -0.4 is 0 Å². The Hall–Kier alpha value is 1.05. The Morgan fingerprint density at radius 2 is 0.471 bits per heavy atom. The van der Waals surface area contributed by atoms with Gasteiger partial charge < -0.3 is 5.11 Å². The van der Waals surface area contributed by atoms with E-state index in [1.165, 1.54) is 161 Å². The van der Waals surface area contributed by atoms with E-state index in [1.54, 1.807) is 0 Å². The average molecular weight is 558 g/mol. The van der Waals surface area contributed by atoms with Gasteiger partial charge in [0.1, 0.15) is 0 Å². The lowest BCUT2D eigenvalue weighted by Gasteiger charge is -2.07. The van der Waals surface area contributed by atoms with Gasteiger partial charge in [0.05, 0.1) is 0 Å². The monoisotopic (exact) mass is 556 g/mol. The average Bonchev–Trinajstić information content (AvgIpc) is 2.80. The van der Waals surface area contributed by atoms with Crippen LogP contribution in [0, 0.1) is 0 Å². The summed E-state index contributed by atoms with van der Waals surface area (Å²) in [5, 5.41) is 8.77. The fourth-order valence-corrected chi connectivity index (χ4v) is 6.71. The van der Waals surface area contributed by atoms with Gasteiger partial charge in [0, 0.05) is 6.61 Å². The number of hydrogen-bond donors (Lipinski definition) is 1. The van der Waals surface area contributed by atoms with Crippen LogP contribution in [-0.2, 0) is 0 Å². The van der Waals surface area contributed by atoms with Crippen molar-refractivity contribution >= 4 is 39.2 Å². The molecule has 0 rings (SSSR count). The molecule has 0 saturated carbocycles. The Morgan fingerprint density at radius 1 is 0.294 bits per heavy atom. The van der Waals surface area contributed by atoms with Crippen LogP contribution in [0.5, 0.6) is 0 Å². The van der Waals surface area contributed by atoms with Crippen molar-refractivity contribution in [3.63, 3.8) is 0 Å². The maximum Gasteiger partial charge on any atom is 0.341 e. The maximum atomic E-state index is 8.77. The zero-order valence-electron chi connectivity index (χ0n) is 22.6. The van der Waals surface area contributed by atoms with E-state index in [1.807, 2.05) is 0 Å². The molecule has 0 bridgehead atoms. The fraction of sp³-hybridized carbons (Fsp3) is 1.00. The molecule has 1 nitrogen and oxygen atoms in total. The molecule has 0 aliphatic heterocycles. The Bertz CT molecular complexity index is 377. The van der Waals surface area contributed by atoms with Gasteiger partial charge in [-0.3, -0.25) is 0 Å². The summed E-state index contributed by atoms with van der Waals surface area (Å²) >= 11 is 17.7. The molecule has 0 atom stereocenters. The van der Waals surface area contributed by atoms with E-state index in [2.05, 4.69) is 0 Å². The van der Waals surface area contributed by atoms with Crippen LogP contribution in [0.4, 0.5) is 0 Å². The Labute approximate surface area is 229 Å². The van der Waals surface area contributed by atoms with E-state index in [9.17, 15) is 0 Å². The van der Waals surface area contributed by atoms with Crippen LogP contribution >= 0.6 is 33.2 Å².